The fourth-order valence-corrected chi connectivity index (χ4v) is 4.06. The van der Waals surface area contributed by atoms with E-state index in [1.165, 1.54) is 5.56 Å². The maximum atomic E-state index is 13.8. The highest BCUT2D eigenvalue weighted by molar-refractivity contribution is 5.88. The van der Waals surface area contributed by atoms with Crippen LogP contribution in [-0.2, 0) is 29.0 Å². The Morgan fingerprint density at radius 3 is 2.09 bits per heavy atom. The molecule has 2 amide bonds. The molecule has 0 aliphatic heterocycles. The monoisotopic (exact) mass is 470 g/mol. The summed E-state index contributed by atoms with van der Waals surface area (Å²) < 4.78 is 0. The van der Waals surface area contributed by atoms with Crippen LogP contribution in [0, 0.1) is 26.7 Å². The lowest BCUT2D eigenvalue weighted by Gasteiger charge is -2.32. The van der Waals surface area contributed by atoms with E-state index in [0.717, 1.165) is 27.8 Å². The molecule has 0 aliphatic carbocycles. The molecule has 0 aliphatic rings. The van der Waals surface area contributed by atoms with Gasteiger partial charge in [-0.2, -0.15) is 0 Å². The number of hydrogen-bond donors (Lipinski definition) is 1. The molecule has 0 heterocycles. The SMILES string of the molecule is Cc1ccc(CN(C(=O)Cc2ccc(C)c(C)c2)[C@@H](Cc2ccccc2)C(=O)NCC(C)C)cc1. The maximum Gasteiger partial charge on any atom is 0.243 e. The van der Waals surface area contributed by atoms with Crippen LogP contribution in [0.5, 0.6) is 0 Å². The van der Waals surface area contributed by atoms with Gasteiger partial charge in [0.25, 0.3) is 0 Å². The van der Waals surface area contributed by atoms with E-state index in [1.807, 2.05) is 67.6 Å². The fraction of sp³-hybridized carbons (Fsp3) is 0.355. The van der Waals surface area contributed by atoms with Crippen molar-refractivity contribution in [1.82, 2.24) is 10.2 Å². The summed E-state index contributed by atoms with van der Waals surface area (Å²) in [5, 5.41) is 3.08. The predicted molar refractivity (Wildman–Crippen MR) is 143 cm³/mol. The van der Waals surface area contributed by atoms with Gasteiger partial charge in [-0.25, -0.2) is 0 Å². The first kappa shape index (κ1) is 26.2. The summed E-state index contributed by atoms with van der Waals surface area (Å²) >= 11 is 0. The van der Waals surface area contributed by atoms with Crippen LogP contribution in [0.25, 0.3) is 0 Å². The highest BCUT2D eigenvalue weighted by atomic mass is 16.2. The highest BCUT2D eigenvalue weighted by Crippen LogP contribution is 2.18. The second kappa shape index (κ2) is 12.3. The summed E-state index contributed by atoms with van der Waals surface area (Å²) in [6, 6.07) is 23.6. The number of benzene rings is 3. The molecule has 0 spiro atoms. The summed E-state index contributed by atoms with van der Waals surface area (Å²) in [5.41, 5.74) is 6.54. The molecule has 3 rings (SSSR count). The zero-order valence-corrected chi connectivity index (χ0v) is 21.7. The topological polar surface area (TPSA) is 49.4 Å². The largest absolute Gasteiger partial charge is 0.354 e. The second-order valence-electron chi connectivity index (χ2n) is 9.95. The summed E-state index contributed by atoms with van der Waals surface area (Å²) in [4.78, 5) is 29.1. The van der Waals surface area contributed by atoms with E-state index in [9.17, 15) is 9.59 Å². The van der Waals surface area contributed by atoms with Crippen LogP contribution in [0.1, 0.15) is 47.2 Å². The highest BCUT2D eigenvalue weighted by Gasteiger charge is 2.30. The first-order valence-electron chi connectivity index (χ1n) is 12.5. The lowest BCUT2D eigenvalue weighted by Crippen LogP contribution is -2.51. The number of aryl methyl sites for hydroxylation is 3. The standard InChI is InChI=1S/C31H38N2O2/c1-22(2)20-32-31(35)29(18-26-9-7-6-8-10-26)33(21-27-14-11-23(3)12-15-27)30(34)19-28-16-13-24(4)25(5)17-28/h6-17,22,29H,18-21H2,1-5H3,(H,32,35)/t29-/m0/s1. The molecular formula is C31H38N2O2. The number of nitrogens with one attached hydrogen (secondary N) is 1. The number of nitrogens with zero attached hydrogens (tertiary/aromatic N) is 1. The summed E-state index contributed by atoms with van der Waals surface area (Å²) in [5.74, 6) is 0.172. The van der Waals surface area contributed by atoms with E-state index >= 15 is 0 Å². The molecule has 0 radical (unpaired) electrons. The van der Waals surface area contributed by atoms with Gasteiger partial charge in [0, 0.05) is 19.5 Å². The summed E-state index contributed by atoms with van der Waals surface area (Å²) in [7, 11) is 0. The minimum atomic E-state index is -0.600. The Bertz CT molecular complexity index is 1120. The molecule has 0 fully saturated rings. The maximum absolute atomic E-state index is 13.8. The third-order valence-corrected chi connectivity index (χ3v) is 6.36. The number of amides is 2. The first-order valence-corrected chi connectivity index (χ1v) is 12.5. The van der Waals surface area contributed by atoms with Crippen molar-refractivity contribution in [3.63, 3.8) is 0 Å². The zero-order chi connectivity index (χ0) is 25.4. The van der Waals surface area contributed by atoms with E-state index in [1.54, 1.807) is 4.90 Å². The van der Waals surface area contributed by atoms with Crippen molar-refractivity contribution < 1.29 is 9.59 Å². The lowest BCUT2D eigenvalue weighted by atomic mass is 10.00. The van der Waals surface area contributed by atoms with Crippen LogP contribution in [0.3, 0.4) is 0 Å². The average Bonchev–Trinajstić information content (AvgIpc) is 2.84. The molecule has 0 saturated heterocycles. The Morgan fingerprint density at radius 1 is 0.800 bits per heavy atom. The molecule has 0 bridgehead atoms. The van der Waals surface area contributed by atoms with Gasteiger partial charge in [0.15, 0.2) is 0 Å². The van der Waals surface area contributed by atoms with E-state index < -0.39 is 6.04 Å². The summed E-state index contributed by atoms with van der Waals surface area (Å²) in [6.07, 6.45) is 0.727. The van der Waals surface area contributed by atoms with Crippen LogP contribution < -0.4 is 5.32 Å². The van der Waals surface area contributed by atoms with Crippen LogP contribution in [0.4, 0.5) is 0 Å². The molecule has 1 atom stereocenters. The van der Waals surface area contributed by atoms with E-state index in [-0.39, 0.29) is 18.2 Å². The van der Waals surface area contributed by atoms with Gasteiger partial charge in [-0.1, -0.05) is 92.2 Å². The molecule has 3 aromatic rings. The van der Waals surface area contributed by atoms with Gasteiger partial charge >= 0.3 is 0 Å². The van der Waals surface area contributed by atoms with Crippen LogP contribution in [-0.4, -0.2) is 29.3 Å². The van der Waals surface area contributed by atoms with E-state index in [2.05, 4.69) is 45.1 Å². The number of rotatable bonds is 10. The van der Waals surface area contributed by atoms with Crippen molar-refractivity contribution >= 4 is 11.8 Å². The number of hydrogen-bond acceptors (Lipinski definition) is 2. The van der Waals surface area contributed by atoms with Gasteiger partial charge in [0.05, 0.1) is 6.42 Å². The Kier molecular flexibility index (Phi) is 9.25. The van der Waals surface area contributed by atoms with Gasteiger partial charge < -0.3 is 10.2 Å². The van der Waals surface area contributed by atoms with Crippen molar-refractivity contribution in [2.24, 2.45) is 5.92 Å². The molecule has 35 heavy (non-hydrogen) atoms. The third kappa shape index (κ3) is 7.81. The van der Waals surface area contributed by atoms with Crippen molar-refractivity contribution in [2.45, 2.75) is 60.0 Å². The van der Waals surface area contributed by atoms with Gasteiger partial charge in [0.2, 0.25) is 11.8 Å². The lowest BCUT2D eigenvalue weighted by molar-refractivity contribution is -0.140. The van der Waals surface area contributed by atoms with Gasteiger partial charge in [-0.3, -0.25) is 9.59 Å². The molecule has 0 aromatic heterocycles. The van der Waals surface area contributed by atoms with Crippen molar-refractivity contribution in [2.75, 3.05) is 6.54 Å². The molecule has 1 N–H and O–H groups in total. The van der Waals surface area contributed by atoms with Crippen molar-refractivity contribution in [1.29, 1.82) is 0 Å². The Labute approximate surface area is 210 Å². The smallest absolute Gasteiger partial charge is 0.243 e. The molecule has 3 aromatic carbocycles. The predicted octanol–water partition coefficient (Wildman–Crippen LogP) is 5.57. The fourth-order valence-electron chi connectivity index (χ4n) is 4.06. The first-order chi connectivity index (χ1) is 16.7. The van der Waals surface area contributed by atoms with E-state index in [0.29, 0.717) is 25.4 Å². The molecular weight excluding hydrogens is 432 g/mol. The second-order valence-corrected chi connectivity index (χ2v) is 9.95. The van der Waals surface area contributed by atoms with Crippen molar-refractivity contribution in [3.8, 4) is 0 Å². The van der Waals surface area contributed by atoms with Gasteiger partial charge in [-0.15, -0.1) is 0 Å². The Hall–Kier alpha value is -3.40. The minimum Gasteiger partial charge on any atom is -0.354 e. The van der Waals surface area contributed by atoms with Crippen molar-refractivity contribution in [3.05, 3.63) is 106 Å². The molecule has 4 heteroatoms. The van der Waals surface area contributed by atoms with Crippen LogP contribution in [0.2, 0.25) is 0 Å². The van der Waals surface area contributed by atoms with Gasteiger partial charge in [-0.05, 0) is 54.5 Å². The minimum absolute atomic E-state index is 0.0468. The normalized spacial score (nSPS) is 11.8. The van der Waals surface area contributed by atoms with Gasteiger partial charge in [0.1, 0.15) is 6.04 Å². The molecule has 184 valence electrons. The third-order valence-electron chi connectivity index (χ3n) is 6.36. The summed E-state index contributed by atoms with van der Waals surface area (Å²) in [6.45, 7) is 11.3. The quantitative estimate of drug-likeness (QED) is 0.421. The number of carbonyl (C=O) groups is 2. The Balaban J connectivity index is 1.95. The van der Waals surface area contributed by atoms with Crippen LogP contribution in [0.15, 0.2) is 72.8 Å². The number of carbonyl (C=O) groups excluding carboxylic acids is 2. The average molecular weight is 471 g/mol. The van der Waals surface area contributed by atoms with Crippen LogP contribution >= 0.6 is 0 Å². The van der Waals surface area contributed by atoms with E-state index in [4.69, 9.17) is 0 Å². The molecule has 4 nitrogen and oxygen atoms in total. The Morgan fingerprint density at radius 2 is 1.46 bits per heavy atom. The molecule has 0 saturated carbocycles. The zero-order valence-electron chi connectivity index (χ0n) is 21.7. The molecule has 0 unspecified atom stereocenters.